The van der Waals surface area contributed by atoms with Crippen LogP contribution in [-0.2, 0) is 19.0 Å². The molecule has 3 rings (SSSR count). The molecule has 0 aromatic rings. The van der Waals surface area contributed by atoms with Crippen LogP contribution in [0.4, 0.5) is 0 Å². The number of carbonyl (C=O) groups is 1. The van der Waals surface area contributed by atoms with Gasteiger partial charge in [0.15, 0.2) is 0 Å². The summed E-state index contributed by atoms with van der Waals surface area (Å²) in [5, 5.41) is 20.1. The summed E-state index contributed by atoms with van der Waals surface area (Å²) in [4.78, 5) is 11.6. The van der Waals surface area contributed by atoms with Crippen LogP contribution in [0.2, 0.25) is 0 Å². The standard InChI is InChI=1S/C11H14O6/c1-15-9(12)6-3-16-10(13)8-5(6)2-7-11(8,14)4-17-7/h3,5,7-8,10,13-14H,2,4H2,1H3. The fourth-order valence-electron chi connectivity index (χ4n) is 3.08. The summed E-state index contributed by atoms with van der Waals surface area (Å²) in [5.74, 6) is -1.29. The van der Waals surface area contributed by atoms with E-state index in [1.807, 2.05) is 0 Å². The lowest BCUT2D eigenvalue weighted by Gasteiger charge is -2.45. The average Bonchev–Trinajstić information content (AvgIpc) is 2.51. The second-order valence-corrected chi connectivity index (χ2v) is 4.75. The van der Waals surface area contributed by atoms with Crippen LogP contribution in [0.3, 0.4) is 0 Å². The number of ether oxygens (including phenoxy) is 3. The van der Waals surface area contributed by atoms with Gasteiger partial charge in [-0.05, 0) is 6.42 Å². The van der Waals surface area contributed by atoms with Crippen molar-refractivity contribution in [3.05, 3.63) is 11.8 Å². The highest BCUT2D eigenvalue weighted by Gasteiger charge is 2.66. The molecule has 5 atom stereocenters. The predicted molar refractivity (Wildman–Crippen MR) is 53.5 cm³/mol. The highest BCUT2D eigenvalue weighted by Crippen LogP contribution is 2.53. The third-order valence-corrected chi connectivity index (χ3v) is 4.01. The highest BCUT2D eigenvalue weighted by atomic mass is 16.6. The van der Waals surface area contributed by atoms with E-state index in [1.54, 1.807) is 0 Å². The molecule has 5 unspecified atom stereocenters. The lowest BCUT2D eigenvalue weighted by atomic mass is 9.79. The maximum absolute atomic E-state index is 11.6. The molecule has 0 aromatic heterocycles. The van der Waals surface area contributed by atoms with E-state index in [9.17, 15) is 15.0 Å². The van der Waals surface area contributed by atoms with Gasteiger partial charge in [-0.3, -0.25) is 0 Å². The molecule has 1 saturated carbocycles. The van der Waals surface area contributed by atoms with Gasteiger partial charge in [-0.2, -0.15) is 0 Å². The molecule has 3 aliphatic rings. The fourth-order valence-corrected chi connectivity index (χ4v) is 3.08. The van der Waals surface area contributed by atoms with Crippen LogP contribution in [0.5, 0.6) is 0 Å². The van der Waals surface area contributed by atoms with Crippen molar-refractivity contribution in [2.45, 2.75) is 24.4 Å². The van der Waals surface area contributed by atoms with Crippen LogP contribution < -0.4 is 0 Å². The molecule has 0 aromatic carbocycles. The molecule has 94 valence electrons. The monoisotopic (exact) mass is 242 g/mol. The minimum atomic E-state index is -1.10. The first kappa shape index (κ1) is 11.0. The number of rotatable bonds is 1. The molecule has 0 bridgehead atoms. The molecular formula is C11H14O6. The molecule has 2 heterocycles. The summed E-state index contributed by atoms with van der Waals surface area (Å²) in [7, 11) is 1.29. The van der Waals surface area contributed by atoms with Gasteiger partial charge in [-0.15, -0.1) is 0 Å². The van der Waals surface area contributed by atoms with Crippen LogP contribution in [0.1, 0.15) is 6.42 Å². The minimum Gasteiger partial charge on any atom is -0.472 e. The molecule has 2 fully saturated rings. The second-order valence-electron chi connectivity index (χ2n) is 4.75. The number of methoxy groups -OCH3 is 1. The molecule has 0 amide bonds. The van der Waals surface area contributed by atoms with E-state index in [2.05, 4.69) is 4.74 Å². The van der Waals surface area contributed by atoms with Gasteiger partial charge in [0.1, 0.15) is 5.60 Å². The molecule has 6 nitrogen and oxygen atoms in total. The lowest BCUT2D eigenvalue weighted by molar-refractivity contribution is -0.269. The van der Waals surface area contributed by atoms with E-state index in [4.69, 9.17) is 9.47 Å². The summed E-state index contributed by atoms with van der Waals surface area (Å²) >= 11 is 0. The van der Waals surface area contributed by atoms with Crippen molar-refractivity contribution in [1.29, 1.82) is 0 Å². The van der Waals surface area contributed by atoms with Gasteiger partial charge in [0.05, 0.1) is 37.6 Å². The normalized spacial score (nSPS) is 47.1. The van der Waals surface area contributed by atoms with Gasteiger partial charge < -0.3 is 24.4 Å². The van der Waals surface area contributed by atoms with E-state index in [0.717, 1.165) is 0 Å². The number of esters is 1. The van der Waals surface area contributed by atoms with E-state index >= 15 is 0 Å². The Kier molecular flexibility index (Phi) is 2.23. The first-order valence-corrected chi connectivity index (χ1v) is 5.54. The Balaban J connectivity index is 1.95. The number of hydrogen-bond donors (Lipinski definition) is 2. The zero-order valence-electron chi connectivity index (χ0n) is 9.33. The van der Waals surface area contributed by atoms with Gasteiger partial charge >= 0.3 is 5.97 Å². The summed E-state index contributed by atoms with van der Waals surface area (Å²) in [6.45, 7) is 0.174. The van der Waals surface area contributed by atoms with Gasteiger partial charge in [0.2, 0.25) is 6.29 Å². The molecule has 0 radical (unpaired) electrons. The molecule has 2 N–H and O–H groups in total. The van der Waals surface area contributed by atoms with Crippen molar-refractivity contribution >= 4 is 5.97 Å². The zero-order chi connectivity index (χ0) is 12.2. The number of aliphatic hydroxyl groups excluding tert-OH is 1. The Hall–Kier alpha value is -1.11. The van der Waals surface area contributed by atoms with Crippen LogP contribution >= 0.6 is 0 Å². The fraction of sp³-hybridized carbons (Fsp3) is 0.727. The van der Waals surface area contributed by atoms with E-state index in [1.165, 1.54) is 13.4 Å². The summed E-state index contributed by atoms with van der Waals surface area (Å²) < 4.78 is 15.0. The van der Waals surface area contributed by atoms with Crippen LogP contribution in [0.25, 0.3) is 0 Å². The van der Waals surface area contributed by atoms with Crippen molar-refractivity contribution < 1.29 is 29.2 Å². The third-order valence-electron chi connectivity index (χ3n) is 4.01. The largest absolute Gasteiger partial charge is 0.472 e. The van der Waals surface area contributed by atoms with Gasteiger partial charge in [-0.1, -0.05) is 0 Å². The van der Waals surface area contributed by atoms with Crippen molar-refractivity contribution in [1.82, 2.24) is 0 Å². The summed E-state index contributed by atoms with van der Waals surface area (Å²) in [6, 6.07) is 0. The summed E-state index contributed by atoms with van der Waals surface area (Å²) in [5.41, 5.74) is -0.730. The van der Waals surface area contributed by atoms with Crippen LogP contribution in [0, 0.1) is 11.8 Å². The number of carbonyl (C=O) groups excluding carboxylic acids is 1. The number of fused-ring (bicyclic) bond motifs is 3. The van der Waals surface area contributed by atoms with Crippen molar-refractivity contribution in [3.63, 3.8) is 0 Å². The Labute approximate surface area is 97.8 Å². The van der Waals surface area contributed by atoms with Crippen molar-refractivity contribution in [2.24, 2.45) is 11.8 Å². The van der Waals surface area contributed by atoms with Crippen LogP contribution in [-0.4, -0.2) is 47.9 Å². The van der Waals surface area contributed by atoms with Crippen LogP contribution in [0.15, 0.2) is 11.8 Å². The van der Waals surface area contributed by atoms with E-state index in [-0.39, 0.29) is 18.6 Å². The third kappa shape index (κ3) is 1.28. The Morgan fingerprint density at radius 3 is 3.00 bits per heavy atom. The quantitative estimate of drug-likeness (QED) is 0.583. The minimum absolute atomic E-state index is 0.174. The molecule has 0 spiro atoms. The zero-order valence-corrected chi connectivity index (χ0v) is 9.33. The SMILES string of the molecule is COC(=O)C1=COC(O)C2C1CC1OCC12O. The second kappa shape index (κ2) is 3.44. The summed E-state index contributed by atoms with van der Waals surface area (Å²) in [6.07, 6.45) is 0.295. The molecule has 1 saturated heterocycles. The van der Waals surface area contributed by atoms with Gasteiger partial charge in [-0.25, -0.2) is 4.79 Å². The van der Waals surface area contributed by atoms with E-state index in [0.29, 0.717) is 12.0 Å². The van der Waals surface area contributed by atoms with Crippen molar-refractivity contribution in [2.75, 3.05) is 13.7 Å². The molecular weight excluding hydrogens is 228 g/mol. The Bertz CT molecular complexity index is 391. The molecule has 2 aliphatic heterocycles. The highest BCUT2D eigenvalue weighted by molar-refractivity contribution is 5.89. The number of aliphatic hydroxyl groups is 2. The average molecular weight is 242 g/mol. The smallest absolute Gasteiger partial charge is 0.337 e. The topological polar surface area (TPSA) is 85.2 Å². The Morgan fingerprint density at radius 2 is 2.41 bits per heavy atom. The maximum Gasteiger partial charge on any atom is 0.337 e. The maximum atomic E-state index is 11.6. The first-order chi connectivity index (χ1) is 8.08. The molecule has 17 heavy (non-hydrogen) atoms. The van der Waals surface area contributed by atoms with Gasteiger partial charge in [0.25, 0.3) is 0 Å². The molecule has 1 aliphatic carbocycles. The van der Waals surface area contributed by atoms with E-state index < -0.39 is 23.8 Å². The van der Waals surface area contributed by atoms with Crippen molar-refractivity contribution in [3.8, 4) is 0 Å². The lowest BCUT2D eigenvalue weighted by Crippen LogP contribution is -2.61. The van der Waals surface area contributed by atoms with Gasteiger partial charge in [0, 0.05) is 5.92 Å². The number of hydrogen-bond acceptors (Lipinski definition) is 6. The Morgan fingerprint density at radius 1 is 1.65 bits per heavy atom. The first-order valence-electron chi connectivity index (χ1n) is 5.54. The predicted octanol–water partition coefficient (Wildman–Crippen LogP) is -0.842. The molecule has 6 heteroatoms.